The lowest BCUT2D eigenvalue weighted by molar-refractivity contribution is -0.116. The highest BCUT2D eigenvalue weighted by atomic mass is 35.5. The van der Waals surface area contributed by atoms with Gasteiger partial charge in [-0.15, -0.1) is 10.2 Å². The monoisotopic (exact) mass is 434 g/mol. The number of hydrogen-bond donors (Lipinski definition) is 1. The van der Waals surface area contributed by atoms with E-state index in [2.05, 4.69) is 15.5 Å². The summed E-state index contributed by atoms with van der Waals surface area (Å²) in [6.45, 7) is 5.26. The van der Waals surface area contributed by atoms with Crippen LogP contribution in [0.2, 0.25) is 5.02 Å². The molecule has 7 nitrogen and oxygen atoms in total. The molecule has 1 N–H and O–H groups in total. The molecule has 1 amide bonds. The summed E-state index contributed by atoms with van der Waals surface area (Å²) in [6.07, 6.45) is 1.05. The summed E-state index contributed by atoms with van der Waals surface area (Å²) in [7, 11) is -3.72. The maximum absolute atomic E-state index is 12.6. The van der Waals surface area contributed by atoms with Gasteiger partial charge in [-0.05, 0) is 37.3 Å². The van der Waals surface area contributed by atoms with Crippen molar-refractivity contribution >= 4 is 61.4 Å². The predicted molar refractivity (Wildman–Crippen MR) is 108 cm³/mol. The maximum Gasteiger partial charge on any atom is 0.249 e. The lowest BCUT2D eigenvalue weighted by Crippen LogP contribution is -2.45. The molecule has 26 heavy (non-hydrogen) atoms. The molecule has 2 aromatic rings. The van der Waals surface area contributed by atoms with Crippen LogP contribution in [0, 0.1) is 6.92 Å². The van der Waals surface area contributed by atoms with Gasteiger partial charge in [-0.2, -0.15) is 0 Å². The number of aromatic nitrogens is 2. The predicted octanol–water partition coefficient (Wildman–Crippen LogP) is 3.41. The molecular formula is C15H19ClN4O3S3. The summed E-state index contributed by atoms with van der Waals surface area (Å²) >= 11 is 8.78. The highest BCUT2D eigenvalue weighted by Gasteiger charge is 2.30. The Labute approximate surface area is 166 Å². The zero-order valence-corrected chi connectivity index (χ0v) is 17.9. The minimum Gasteiger partial charge on any atom is -0.299 e. The number of amides is 1. The number of carbonyl (C=O) groups is 1. The van der Waals surface area contributed by atoms with Crippen LogP contribution in [0.3, 0.4) is 0 Å². The number of sulfonamides is 1. The van der Waals surface area contributed by atoms with Gasteiger partial charge >= 0.3 is 0 Å². The highest BCUT2D eigenvalue weighted by molar-refractivity contribution is 8.01. The van der Waals surface area contributed by atoms with E-state index in [1.807, 2.05) is 6.92 Å². The van der Waals surface area contributed by atoms with Gasteiger partial charge in [-0.1, -0.05) is 47.7 Å². The zero-order chi connectivity index (χ0) is 19.5. The van der Waals surface area contributed by atoms with Gasteiger partial charge in [0, 0.05) is 5.02 Å². The summed E-state index contributed by atoms with van der Waals surface area (Å²) in [5.74, 6) is 0.341. The number of thioether (sulfide) groups is 1. The minimum absolute atomic E-state index is 0.328. The fraction of sp³-hybridized carbons (Fsp3) is 0.400. The molecule has 0 fully saturated rings. The minimum atomic E-state index is -3.72. The van der Waals surface area contributed by atoms with E-state index in [0.717, 1.165) is 20.7 Å². The van der Waals surface area contributed by atoms with Crippen LogP contribution in [0.15, 0.2) is 22.5 Å². The Balaban J connectivity index is 2.30. The van der Waals surface area contributed by atoms with Crippen LogP contribution < -0.4 is 9.62 Å². The number of carbonyl (C=O) groups excluding carboxylic acids is 1. The quantitative estimate of drug-likeness (QED) is 0.530. The molecule has 1 heterocycles. The first-order chi connectivity index (χ1) is 12.1. The number of benzene rings is 1. The van der Waals surface area contributed by atoms with Crippen molar-refractivity contribution < 1.29 is 13.2 Å². The van der Waals surface area contributed by atoms with Gasteiger partial charge in [0.1, 0.15) is 6.04 Å². The normalized spacial score (nSPS) is 12.7. The summed E-state index contributed by atoms with van der Waals surface area (Å²) in [5.41, 5.74) is 1.05. The van der Waals surface area contributed by atoms with Crippen LogP contribution in [-0.4, -0.2) is 42.6 Å². The highest BCUT2D eigenvalue weighted by Crippen LogP contribution is 2.29. The first kappa shape index (κ1) is 20.9. The van der Waals surface area contributed by atoms with Crippen molar-refractivity contribution in [1.82, 2.24) is 10.2 Å². The Hall–Kier alpha value is -1.36. The molecule has 2 rings (SSSR count). The van der Waals surface area contributed by atoms with E-state index < -0.39 is 22.0 Å². The Morgan fingerprint density at radius 3 is 2.73 bits per heavy atom. The molecule has 1 aromatic heterocycles. The molecule has 0 radical (unpaired) electrons. The van der Waals surface area contributed by atoms with Crippen molar-refractivity contribution in [3.05, 3.63) is 28.8 Å². The Kier molecular flexibility index (Phi) is 6.89. The molecular weight excluding hydrogens is 416 g/mol. The third-order valence-electron chi connectivity index (χ3n) is 3.40. The van der Waals surface area contributed by atoms with Gasteiger partial charge < -0.3 is 0 Å². The van der Waals surface area contributed by atoms with Crippen LogP contribution in [0.5, 0.6) is 0 Å². The molecule has 0 saturated heterocycles. The molecule has 0 bridgehead atoms. The second-order valence-electron chi connectivity index (χ2n) is 5.46. The van der Waals surface area contributed by atoms with Crippen LogP contribution in [-0.2, 0) is 14.8 Å². The van der Waals surface area contributed by atoms with Crippen molar-refractivity contribution in [3.63, 3.8) is 0 Å². The number of aryl methyl sites for hydroxylation is 1. The molecule has 0 aliphatic carbocycles. The van der Waals surface area contributed by atoms with E-state index in [1.54, 1.807) is 19.1 Å². The van der Waals surface area contributed by atoms with Crippen molar-refractivity contribution in [2.75, 3.05) is 21.6 Å². The van der Waals surface area contributed by atoms with Crippen LogP contribution in [0.25, 0.3) is 0 Å². The van der Waals surface area contributed by atoms with Gasteiger partial charge in [0.2, 0.25) is 21.1 Å². The zero-order valence-electron chi connectivity index (χ0n) is 14.7. The molecule has 0 saturated carbocycles. The third kappa shape index (κ3) is 5.09. The van der Waals surface area contributed by atoms with Crippen molar-refractivity contribution in [1.29, 1.82) is 0 Å². The van der Waals surface area contributed by atoms with Crippen molar-refractivity contribution in [2.45, 2.75) is 31.2 Å². The van der Waals surface area contributed by atoms with E-state index in [9.17, 15) is 13.2 Å². The smallest absolute Gasteiger partial charge is 0.249 e. The number of anilines is 2. The average molecular weight is 435 g/mol. The summed E-state index contributed by atoms with van der Waals surface area (Å²) in [6, 6.07) is 3.91. The fourth-order valence-electron chi connectivity index (χ4n) is 2.25. The number of nitrogens with zero attached hydrogens (tertiary/aromatic N) is 3. The topological polar surface area (TPSA) is 92.3 Å². The van der Waals surface area contributed by atoms with Crippen LogP contribution in [0.4, 0.5) is 10.8 Å². The van der Waals surface area contributed by atoms with Gasteiger partial charge in [0.15, 0.2) is 4.34 Å². The largest absolute Gasteiger partial charge is 0.299 e. The molecule has 1 aromatic carbocycles. The number of nitrogens with one attached hydrogen (secondary N) is 1. The number of rotatable bonds is 7. The van der Waals surface area contributed by atoms with Gasteiger partial charge in [0.05, 0.1) is 11.9 Å². The molecule has 11 heteroatoms. The summed E-state index contributed by atoms with van der Waals surface area (Å²) < 4.78 is 26.5. The lowest BCUT2D eigenvalue weighted by atomic mass is 10.2. The van der Waals surface area contributed by atoms with Gasteiger partial charge in [0.25, 0.3) is 0 Å². The van der Waals surface area contributed by atoms with E-state index in [0.29, 0.717) is 21.4 Å². The molecule has 1 unspecified atom stereocenters. The molecule has 0 spiro atoms. The van der Waals surface area contributed by atoms with Crippen LogP contribution >= 0.6 is 34.7 Å². The molecule has 142 valence electrons. The van der Waals surface area contributed by atoms with Crippen molar-refractivity contribution in [3.8, 4) is 0 Å². The standard InChI is InChI=1S/C15H19ClN4O3S3/c1-5-24-15-19-18-14(25-15)17-13(21)10(3)20(26(4,22)23)12-8-11(16)7-6-9(12)2/h6-8,10H,5H2,1-4H3,(H,17,18,21). The average Bonchev–Trinajstić information content (AvgIpc) is 2.97. The molecule has 1 atom stereocenters. The van der Waals surface area contributed by atoms with Crippen molar-refractivity contribution in [2.24, 2.45) is 0 Å². The summed E-state index contributed by atoms with van der Waals surface area (Å²) in [4.78, 5) is 12.6. The van der Waals surface area contributed by atoms with E-state index >= 15 is 0 Å². The third-order valence-corrected chi connectivity index (χ3v) is 6.72. The second-order valence-corrected chi connectivity index (χ2v) is 10.2. The SMILES string of the molecule is CCSc1nnc(NC(=O)C(C)N(c2cc(Cl)ccc2C)S(C)(=O)=O)s1. The van der Waals surface area contributed by atoms with E-state index in [1.165, 1.54) is 36.1 Å². The van der Waals surface area contributed by atoms with Crippen LogP contribution in [0.1, 0.15) is 19.4 Å². The molecule has 0 aliphatic rings. The van der Waals surface area contributed by atoms with Gasteiger partial charge in [-0.25, -0.2) is 8.42 Å². The fourth-order valence-corrected chi connectivity index (χ4v) is 5.30. The lowest BCUT2D eigenvalue weighted by Gasteiger charge is -2.29. The molecule has 0 aliphatic heterocycles. The maximum atomic E-state index is 12.6. The Bertz CT molecular complexity index is 901. The number of hydrogen-bond acceptors (Lipinski definition) is 7. The Morgan fingerprint density at radius 1 is 1.42 bits per heavy atom. The van der Waals surface area contributed by atoms with Gasteiger partial charge in [-0.3, -0.25) is 14.4 Å². The second kappa shape index (κ2) is 8.55. The number of halogens is 1. The van der Waals surface area contributed by atoms with E-state index in [-0.39, 0.29) is 0 Å². The Morgan fingerprint density at radius 2 is 2.12 bits per heavy atom. The first-order valence-corrected chi connectivity index (χ1v) is 11.7. The first-order valence-electron chi connectivity index (χ1n) is 7.66. The van der Waals surface area contributed by atoms with E-state index in [4.69, 9.17) is 11.6 Å². The summed E-state index contributed by atoms with van der Waals surface area (Å²) in [5, 5.41) is 11.2.